The van der Waals surface area contributed by atoms with Gasteiger partial charge in [0.05, 0.1) is 11.7 Å². The maximum absolute atomic E-state index is 13.7. The van der Waals surface area contributed by atoms with Crippen molar-refractivity contribution in [2.24, 2.45) is 62.4 Å². The minimum absolute atomic E-state index is 0. The van der Waals surface area contributed by atoms with E-state index in [0.29, 0.717) is 54.0 Å². The van der Waals surface area contributed by atoms with E-state index in [-0.39, 0.29) is 80.2 Å². The smallest absolute Gasteiger partial charge is 0.726 e. The van der Waals surface area contributed by atoms with Gasteiger partial charge < -0.3 is 14.6 Å². The second-order valence-electron chi connectivity index (χ2n) is 17.5. The van der Waals surface area contributed by atoms with E-state index in [1.165, 1.54) is 5.71 Å². The van der Waals surface area contributed by atoms with E-state index in [1.54, 1.807) is 0 Å². The number of rotatable bonds is 18. The molecule has 296 valence electrons. The molecule has 0 aliphatic heterocycles. The number of azide groups is 1. The van der Waals surface area contributed by atoms with Gasteiger partial charge in [-0.3, -0.25) is 9.18 Å². The van der Waals surface area contributed by atoms with Crippen LogP contribution in [0.15, 0.2) is 40.4 Å². The van der Waals surface area contributed by atoms with Crippen molar-refractivity contribution in [3.63, 3.8) is 0 Å². The van der Waals surface area contributed by atoms with Crippen molar-refractivity contribution < 1.29 is 78.1 Å². The van der Waals surface area contributed by atoms with Crippen molar-refractivity contribution in [2.45, 2.75) is 130 Å². The third kappa shape index (κ3) is 11.4. The van der Waals surface area contributed by atoms with Crippen LogP contribution in [-0.4, -0.2) is 63.0 Å². The number of benzene rings is 1. The first kappa shape index (κ1) is 45.8. The summed E-state index contributed by atoms with van der Waals surface area (Å²) in [4.78, 5) is 21.6. The monoisotopic (exact) mass is 793 g/mol. The number of nitrogens with one attached hydrogen (secondary N) is 1. The van der Waals surface area contributed by atoms with Crippen LogP contribution in [0.25, 0.3) is 10.4 Å². The van der Waals surface area contributed by atoms with Crippen LogP contribution >= 0.6 is 0 Å². The third-order valence-corrected chi connectivity index (χ3v) is 14.7. The number of carbonyl (C=O) groups is 1. The first-order valence-corrected chi connectivity index (χ1v) is 21.7. The molecule has 1 N–H and O–H groups in total. The topological polar surface area (TPSA) is 166 Å². The quantitative estimate of drug-likeness (QED) is 0.0282. The van der Waals surface area contributed by atoms with E-state index >= 15 is 0 Å². The summed E-state index contributed by atoms with van der Waals surface area (Å²) in [5.74, 6) is 2.17. The van der Waals surface area contributed by atoms with Gasteiger partial charge in [-0.1, -0.05) is 57.9 Å². The van der Waals surface area contributed by atoms with Crippen LogP contribution in [-0.2, 0) is 19.3 Å². The number of unbranched alkanes of at least 4 members (excludes halogenated alkanes) is 1. The molecule has 0 spiro atoms. The molecule has 4 aliphatic rings. The Morgan fingerprint density at radius 1 is 1.00 bits per heavy atom. The zero-order valence-corrected chi connectivity index (χ0v) is 37.7. The van der Waals surface area contributed by atoms with Gasteiger partial charge in [-0.15, -0.1) is 0 Å². The van der Waals surface area contributed by atoms with E-state index in [1.807, 2.05) is 44.2 Å². The average Bonchev–Trinajstić information content (AvgIpc) is 3.48. The van der Waals surface area contributed by atoms with E-state index in [2.05, 4.69) is 36.1 Å². The second-order valence-corrected chi connectivity index (χ2v) is 18.5. The Morgan fingerprint density at radius 2 is 1.72 bits per heavy atom. The molecule has 4 saturated carbocycles. The summed E-state index contributed by atoms with van der Waals surface area (Å²) in [5.41, 5.74) is 10.6. The summed E-state index contributed by atoms with van der Waals surface area (Å²) < 4.78 is 46.0. The maximum atomic E-state index is 13.7. The van der Waals surface area contributed by atoms with Crippen molar-refractivity contribution >= 4 is 22.1 Å². The molecule has 10 atom stereocenters. The van der Waals surface area contributed by atoms with E-state index in [9.17, 15) is 17.8 Å². The third-order valence-electron chi connectivity index (χ3n) is 14.2. The van der Waals surface area contributed by atoms with Gasteiger partial charge in [-0.2, -0.15) is 0 Å². The van der Waals surface area contributed by atoms with Crippen LogP contribution in [0.1, 0.15) is 128 Å². The summed E-state index contributed by atoms with van der Waals surface area (Å²) in [6.07, 6.45) is 12.0. The number of ether oxygens (including phenoxy) is 1. The summed E-state index contributed by atoms with van der Waals surface area (Å²) in [6, 6.07) is 9.41. The fourth-order valence-electron chi connectivity index (χ4n) is 11.3. The maximum Gasteiger partial charge on any atom is 1.00 e. The Balaban J connectivity index is 0.00000650. The number of aliphatic imine (C=N–C) groups is 1. The first-order valence-electron chi connectivity index (χ1n) is 20.4. The Kier molecular flexibility index (Phi) is 17.6. The zero-order chi connectivity index (χ0) is 38.2. The molecule has 11 nitrogen and oxygen atoms in total. The number of fused-ring (bicyclic) bond motifs is 5. The van der Waals surface area contributed by atoms with Gasteiger partial charge in [0.15, 0.2) is 0 Å². The van der Waals surface area contributed by atoms with E-state index in [4.69, 9.17) is 19.4 Å². The zero-order valence-electron chi connectivity index (χ0n) is 33.8. The van der Waals surface area contributed by atoms with Gasteiger partial charge in [0.25, 0.3) is 0 Å². The Bertz CT molecular complexity index is 1560. The van der Waals surface area contributed by atoms with Crippen molar-refractivity contribution in [3.05, 3.63) is 46.3 Å². The van der Waals surface area contributed by atoms with Gasteiger partial charge in [0, 0.05) is 29.6 Å². The first-order chi connectivity index (χ1) is 25.3. The van der Waals surface area contributed by atoms with Crippen molar-refractivity contribution in [1.29, 1.82) is 0 Å². The van der Waals surface area contributed by atoms with Crippen LogP contribution in [0, 0.1) is 52.3 Å². The van der Waals surface area contributed by atoms with Gasteiger partial charge in [-0.05, 0) is 161 Å². The molecular weight excluding hydrogens is 730 g/mol. The number of carbonyl (C=O) groups excluding carboxylic acids is 1. The normalized spacial score (nSPS) is 32.4. The number of hydrogen-bond donors (Lipinski definition) is 1. The molecule has 0 saturated heterocycles. The number of esters is 1. The number of nitrogens with zero attached hydrogens (tertiary/aromatic N) is 4. The molecule has 4 aliphatic carbocycles. The summed E-state index contributed by atoms with van der Waals surface area (Å²) in [6.45, 7) is 14.3. The van der Waals surface area contributed by atoms with E-state index in [0.717, 1.165) is 96.7 Å². The van der Waals surface area contributed by atoms with Crippen molar-refractivity contribution in [2.75, 3.05) is 26.2 Å². The minimum Gasteiger partial charge on any atom is -0.726 e. The molecule has 0 radical (unpaired) electrons. The molecule has 54 heavy (non-hydrogen) atoms. The van der Waals surface area contributed by atoms with Crippen LogP contribution in [0.5, 0.6) is 0 Å². The molecular formula is C41H64KN5O6S. The molecule has 1 aromatic carbocycles. The Labute approximate surface area is 367 Å². The molecule has 4 unspecified atom stereocenters. The summed E-state index contributed by atoms with van der Waals surface area (Å²) in [7, 11) is -4.76. The largest absolute Gasteiger partial charge is 1.00 e. The minimum atomic E-state index is -4.76. The average molecular weight is 794 g/mol. The van der Waals surface area contributed by atoms with Gasteiger partial charge in [-0.25, -0.2) is 13.2 Å². The second kappa shape index (κ2) is 20.7. The molecule has 13 heteroatoms. The van der Waals surface area contributed by atoms with Crippen molar-refractivity contribution in [3.8, 4) is 0 Å². The predicted octanol–water partition coefficient (Wildman–Crippen LogP) is 5.91. The van der Waals surface area contributed by atoms with Crippen molar-refractivity contribution in [1.82, 2.24) is 5.32 Å². The van der Waals surface area contributed by atoms with Crippen LogP contribution in [0.3, 0.4) is 0 Å². The van der Waals surface area contributed by atoms with Gasteiger partial charge >= 0.3 is 57.4 Å². The summed E-state index contributed by atoms with van der Waals surface area (Å²) in [5, 5.41) is 7.08. The Morgan fingerprint density at radius 3 is 2.43 bits per heavy atom. The fraction of sp³-hybridized carbons (Fsp3) is 0.805. The molecule has 0 aromatic heterocycles. The predicted molar refractivity (Wildman–Crippen MR) is 207 cm³/mol. The fourth-order valence-corrected chi connectivity index (χ4v) is 12.0. The van der Waals surface area contributed by atoms with Gasteiger partial charge in [0.2, 0.25) is 10.4 Å². The Hall–Kier alpha value is -0.864. The molecule has 0 bridgehead atoms. The molecule has 1 aromatic rings. The van der Waals surface area contributed by atoms with Crippen LogP contribution in [0.2, 0.25) is 0 Å². The SMILES string of the molecule is CC(CC[C@@H](OS(=O)(=O)[O-])C(C)C)[C@H]1CCC2C3C(CC[C@@]21C)[C@@]1(C)CCC(=NCCCNCCCCN=[N+]=[N-])C[C@@H]1C[C@H]3OC(=O)c1ccccc1.[K+]. The van der Waals surface area contributed by atoms with E-state index < -0.39 is 16.5 Å². The molecule has 5 rings (SSSR count). The number of hydrogen-bond acceptors (Lipinski definition) is 9. The van der Waals surface area contributed by atoms with Crippen LogP contribution in [0.4, 0.5) is 0 Å². The molecule has 0 amide bonds. The van der Waals surface area contributed by atoms with Crippen LogP contribution < -0.4 is 56.7 Å². The molecule has 0 heterocycles. The van der Waals surface area contributed by atoms with Gasteiger partial charge in [0.1, 0.15) is 6.10 Å². The summed E-state index contributed by atoms with van der Waals surface area (Å²) >= 11 is 0. The molecule has 4 fully saturated rings. The standard InChI is InChI=1S/C41H65N5O6S.K/c1-28(2)36(52-53(48,49)50)17-14-29(3)33-15-16-34-38-35(19-21-41(33,34)5)40(4)20-18-32(44-24-11-23-43-22-9-10-25-45-46-42)26-31(40)27-37(38)51-39(47)30-12-7-6-8-13-30;/h6-8,12-13,28-29,31,33-38,43H,9-11,14-27H2,1-5H3,(H,48,49,50);/q;+1/p-1/t29?,31-,33-,34?,35?,36-,37-,38?,40+,41-;/m1./s1.